The molecule has 158 valence electrons. The van der Waals surface area contributed by atoms with Gasteiger partial charge in [0.25, 0.3) is 5.91 Å². The van der Waals surface area contributed by atoms with E-state index in [0.29, 0.717) is 16.9 Å². The predicted octanol–water partition coefficient (Wildman–Crippen LogP) is -0.860. The molecule has 0 aliphatic carbocycles. The molecule has 4 atom stereocenters. The number of carboxylic acids is 1. The van der Waals surface area contributed by atoms with Crippen molar-refractivity contribution in [3.63, 3.8) is 0 Å². The van der Waals surface area contributed by atoms with Gasteiger partial charge in [0.05, 0.1) is 11.4 Å². The molecule has 0 aromatic heterocycles. The molecule has 1 spiro atoms. The van der Waals surface area contributed by atoms with Crippen LogP contribution in [0.2, 0.25) is 0 Å². The monoisotopic (exact) mass is 419 g/mol. The first-order valence-corrected chi connectivity index (χ1v) is 10.2. The number of carboxylic acid groups (broad SMARTS) is 1. The number of amides is 3. The number of aliphatic carboxylic acids is 1. The molecule has 8 heteroatoms. The van der Waals surface area contributed by atoms with Gasteiger partial charge in [-0.25, -0.2) is 4.90 Å². The molecule has 2 aromatic rings. The van der Waals surface area contributed by atoms with Crippen molar-refractivity contribution >= 4 is 35.1 Å². The summed E-state index contributed by atoms with van der Waals surface area (Å²) in [5.41, 5.74) is 0.543. The Kier molecular flexibility index (Phi) is 4.23. The molecule has 0 radical (unpaired) electrons. The van der Waals surface area contributed by atoms with Gasteiger partial charge in [0.1, 0.15) is 17.9 Å². The van der Waals surface area contributed by atoms with Crippen molar-refractivity contribution in [2.75, 3.05) is 16.8 Å². The largest absolute Gasteiger partial charge is 0.550 e. The summed E-state index contributed by atoms with van der Waals surface area (Å²) in [7, 11) is 1.66. The minimum atomic E-state index is -1.29. The second-order valence-corrected chi connectivity index (χ2v) is 8.34. The summed E-state index contributed by atoms with van der Waals surface area (Å²) in [6.07, 6.45) is -0.120. The number of benzene rings is 2. The molecule has 0 saturated carbocycles. The Morgan fingerprint density at radius 1 is 1.03 bits per heavy atom. The van der Waals surface area contributed by atoms with Crippen molar-refractivity contribution in [2.45, 2.75) is 24.4 Å². The number of quaternary nitrogens is 1. The summed E-state index contributed by atoms with van der Waals surface area (Å²) in [4.78, 5) is 54.6. The molecule has 0 unspecified atom stereocenters. The maximum atomic E-state index is 13.7. The maximum Gasteiger partial charge on any atom is 0.293 e. The van der Waals surface area contributed by atoms with Crippen molar-refractivity contribution in [2.24, 2.45) is 11.8 Å². The number of fused-ring (bicyclic) bond motifs is 4. The van der Waals surface area contributed by atoms with Gasteiger partial charge in [0.15, 0.2) is 0 Å². The molecule has 31 heavy (non-hydrogen) atoms. The van der Waals surface area contributed by atoms with Gasteiger partial charge in [-0.2, -0.15) is 0 Å². The lowest BCUT2D eigenvalue weighted by Crippen LogP contribution is -2.99. The minimum absolute atomic E-state index is 0.131. The summed E-state index contributed by atoms with van der Waals surface area (Å²) in [6.45, 7) is 0. The van der Waals surface area contributed by atoms with E-state index >= 15 is 0 Å². The lowest BCUT2D eigenvalue weighted by molar-refractivity contribution is -0.734. The number of nitrogens with two attached hydrogens (primary N) is 1. The second-order valence-electron chi connectivity index (χ2n) is 8.34. The third kappa shape index (κ3) is 2.51. The number of imide groups is 1. The summed E-state index contributed by atoms with van der Waals surface area (Å²) < 4.78 is 0. The first kappa shape index (κ1) is 19.4. The molecule has 2 fully saturated rings. The number of likely N-dealkylation sites (N-methyl/N-ethyl adjacent to an activating group) is 1. The zero-order chi connectivity index (χ0) is 21.9. The fourth-order valence-electron chi connectivity index (χ4n) is 5.60. The van der Waals surface area contributed by atoms with Gasteiger partial charge in [-0.15, -0.1) is 0 Å². The number of hydrogen-bond donors (Lipinski definition) is 1. The second kappa shape index (κ2) is 6.75. The Morgan fingerprint density at radius 3 is 2.42 bits per heavy atom. The highest BCUT2D eigenvalue weighted by Crippen LogP contribution is 2.51. The molecule has 2 N–H and O–H groups in total. The molecule has 3 heterocycles. The Balaban J connectivity index is 1.67. The van der Waals surface area contributed by atoms with Crippen molar-refractivity contribution in [3.05, 3.63) is 60.2 Å². The lowest BCUT2D eigenvalue weighted by Gasteiger charge is -2.27. The van der Waals surface area contributed by atoms with E-state index in [1.54, 1.807) is 48.8 Å². The van der Waals surface area contributed by atoms with Crippen LogP contribution in [-0.2, 0) is 24.7 Å². The van der Waals surface area contributed by atoms with E-state index in [2.05, 4.69) is 0 Å². The molecule has 2 aromatic carbocycles. The predicted molar refractivity (Wildman–Crippen MR) is 107 cm³/mol. The van der Waals surface area contributed by atoms with Crippen LogP contribution in [0.5, 0.6) is 0 Å². The minimum Gasteiger partial charge on any atom is -0.550 e. The number of carbonyl (C=O) groups excluding carboxylic acids is 4. The Bertz CT molecular complexity index is 1120. The average Bonchev–Trinajstić information content (AvgIpc) is 3.32. The van der Waals surface area contributed by atoms with Gasteiger partial charge in [0, 0.05) is 25.0 Å². The fourth-order valence-corrected chi connectivity index (χ4v) is 5.60. The molecule has 2 saturated heterocycles. The van der Waals surface area contributed by atoms with E-state index < -0.39 is 41.2 Å². The molecular weight excluding hydrogens is 398 g/mol. The van der Waals surface area contributed by atoms with E-state index in [0.717, 1.165) is 4.90 Å². The van der Waals surface area contributed by atoms with Gasteiger partial charge in [-0.3, -0.25) is 14.4 Å². The normalized spacial score (nSPS) is 29.1. The van der Waals surface area contributed by atoms with Crippen LogP contribution in [0.15, 0.2) is 54.6 Å². The highest BCUT2D eigenvalue weighted by atomic mass is 16.4. The Labute approximate surface area is 178 Å². The van der Waals surface area contributed by atoms with Crippen molar-refractivity contribution in [3.8, 4) is 0 Å². The van der Waals surface area contributed by atoms with Crippen molar-refractivity contribution in [1.29, 1.82) is 0 Å². The van der Waals surface area contributed by atoms with Crippen molar-refractivity contribution < 1.29 is 29.6 Å². The SMILES string of the molecule is CN1C(=O)[C@]2([NH2+][C@@H](CCC(=O)[O-])[C@H]3C(=O)N(c4ccccc4)C(=O)[C@@H]32)c2ccccc21. The Morgan fingerprint density at radius 2 is 1.71 bits per heavy atom. The third-order valence-corrected chi connectivity index (χ3v) is 6.85. The topological polar surface area (TPSA) is 114 Å². The highest BCUT2D eigenvalue weighted by Gasteiger charge is 2.75. The van der Waals surface area contributed by atoms with Crippen LogP contribution in [0.3, 0.4) is 0 Å². The van der Waals surface area contributed by atoms with E-state index in [1.807, 2.05) is 18.2 Å². The molecule has 3 aliphatic rings. The van der Waals surface area contributed by atoms with Crippen LogP contribution in [-0.4, -0.2) is 36.8 Å². The Hall–Kier alpha value is -3.52. The highest BCUT2D eigenvalue weighted by molar-refractivity contribution is 6.25. The number of para-hydroxylation sites is 2. The zero-order valence-corrected chi connectivity index (χ0v) is 16.9. The van der Waals surface area contributed by atoms with Gasteiger partial charge in [-0.05, 0) is 24.6 Å². The molecular formula is C23H21N3O5. The maximum absolute atomic E-state index is 13.7. The number of nitrogens with zero attached hydrogens (tertiary/aromatic N) is 2. The standard InChI is InChI=1S/C23H21N3O5/c1-25-16-10-6-5-9-14(16)23(22(25)31)19-18(15(24-23)11-12-17(27)28)20(29)26(21(19)30)13-7-3-2-4-8-13/h2-10,15,18-19,24H,11-12H2,1H3,(H,27,28)/t15-,18+,19+,23-/m0/s1. The third-order valence-electron chi connectivity index (χ3n) is 6.85. The fraction of sp³-hybridized carbons (Fsp3) is 0.304. The van der Waals surface area contributed by atoms with Crippen LogP contribution in [0, 0.1) is 11.8 Å². The molecule has 3 aliphatic heterocycles. The van der Waals surface area contributed by atoms with Gasteiger partial charge < -0.3 is 20.1 Å². The number of hydrogen-bond acceptors (Lipinski definition) is 5. The molecule has 5 rings (SSSR count). The van der Waals surface area contributed by atoms with Gasteiger partial charge in [0.2, 0.25) is 17.4 Å². The summed E-state index contributed by atoms with van der Waals surface area (Å²) in [5, 5.41) is 12.9. The van der Waals surface area contributed by atoms with Crippen LogP contribution in [0.25, 0.3) is 0 Å². The summed E-state index contributed by atoms with van der Waals surface area (Å²) in [5.74, 6) is -4.01. The van der Waals surface area contributed by atoms with Crippen molar-refractivity contribution in [1.82, 2.24) is 0 Å². The molecule has 8 nitrogen and oxygen atoms in total. The molecule has 3 amide bonds. The zero-order valence-electron chi connectivity index (χ0n) is 16.9. The van der Waals surface area contributed by atoms with Crippen LogP contribution in [0.1, 0.15) is 18.4 Å². The first-order valence-electron chi connectivity index (χ1n) is 10.2. The van der Waals surface area contributed by atoms with E-state index in [-0.39, 0.29) is 18.7 Å². The molecule has 0 bridgehead atoms. The number of rotatable bonds is 4. The smallest absolute Gasteiger partial charge is 0.293 e. The summed E-state index contributed by atoms with van der Waals surface area (Å²) >= 11 is 0. The lowest BCUT2D eigenvalue weighted by atomic mass is 9.76. The average molecular weight is 419 g/mol. The number of carbonyl (C=O) groups is 4. The van der Waals surface area contributed by atoms with Gasteiger partial charge in [-0.1, -0.05) is 36.4 Å². The van der Waals surface area contributed by atoms with E-state index in [4.69, 9.17) is 0 Å². The summed E-state index contributed by atoms with van der Waals surface area (Å²) in [6, 6.07) is 15.4. The van der Waals surface area contributed by atoms with Crippen LogP contribution in [0.4, 0.5) is 11.4 Å². The van der Waals surface area contributed by atoms with Crippen LogP contribution < -0.4 is 20.2 Å². The van der Waals surface area contributed by atoms with Gasteiger partial charge >= 0.3 is 0 Å². The number of anilines is 2. The first-order chi connectivity index (χ1) is 14.9. The van der Waals surface area contributed by atoms with Crippen LogP contribution >= 0.6 is 0 Å². The van der Waals surface area contributed by atoms with E-state index in [1.165, 1.54) is 4.90 Å². The quantitative estimate of drug-likeness (QED) is 0.648. The van der Waals surface area contributed by atoms with E-state index in [9.17, 15) is 24.3 Å².